The monoisotopic (exact) mass is 508 g/mol. The molecule has 0 saturated carbocycles. The van der Waals surface area contributed by atoms with Crippen molar-refractivity contribution in [3.63, 3.8) is 0 Å². The molecule has 188 valence electrons. The first-order chi connectivity index (χ1) is 17.7. The third-order valence-corrected chi connectivity index (χ3v) is 12.1. The van der Waals surface area contributed by atoms with Crippen LogP contribution in [0, 0.1) is 11.3 Å². The Kier molecular flexibility index (Phi) is 6.44. The minimum absolute atomic E-state index is 0.139. The molecule has 0 radical (unpaired) electrons. The minimum Gasteiger partial charge on any atom is -0.415 e. The molecule has 37 heavy (non-hydrogen) atoms. The van der Waals surface area contributed by atoms with Crippen LogP contribution in [0.25, 0.3) is 33.2 Å². The molecule has 7 nitrogen and oxygen atoms in total. The van der Waals surface area contributed by atoms with Crippen molar-refractivity contribution >= 4 is 30.0 Å². The summed E-state index contributed by atoms with van der Waals surface area (Å²) in [5, 5.41) is 25.9. The number of benzene rings is 3. The molecule has 0 amide bonds. The Morgan fingerprint density at radius 1 is 0.973 bits per heavy atom. The Balaban J connectivity index is 1.56. The quantitative estimate of drug-likeness (QED) is 0.238. The van der Waals surface area contributed by atoms with Gasteiger partial charge in [0.2, 0.25) is 0 Å². The fraction of sp³-hybridized carbons (Fsp3) is 0.310. The van der Waals surface area contributed by atoms with E-state index in [-0.39, 0.29) is 5.04 Å². The zero-order valence-corrected chi connectivity index (χ0v) is 23.1. The van der Waals surface area contributed by atoms with Gasteiger partial charge in [-0.2, -0.15) is 5.26 Å². The lowest BCUT2D eigenvalue weighted by Gasteiger charge is -2.36. The predicted molar refractivity (Wildman–Crippen MR) is 150 cm³/mol. The number of hydrogen-bond donors (Lipinski definition) is 0. The van der Waals surface area contributed by atoms with E-state index in [4.69, 9.17) is 4.43 Å². The lowest BCUT2D eigenvalue weighted by atomic mass is 10.0. The molecule has 0 aliphatic carbocycles. The Morgan fingerprint density at radius 3 is 2.54 bits per heavy atom. The van der Waals surface area contributed by atoms with Crippen LogP contribution in [0.2, 0.25) is 18.1 Å². The summed E-state index contributed by atoms with van der Waals surface area (Å²) >= 11 is 0. The van der Waals surface area contributed by atoms with Gasteiger partial charge >= 0.3 is 0 Å². The van der Waals surface area contributed by atoms with Crippen molar-refractivity contribution in [3.05, 3.63) is 77.9 Å². The highest BCUT2D eigenvalue weighted by atomic mass is 28.4. The van der Waals surface area contributed by atoms with E-state index in [1.165, 1.54) is 16.3 Å². The molecule has 0 spiro atoms. The molecule has 2 aromatic heterocycles. The molecule has 0 N–H and O–H groups in total. The Morgan fingerprint density at radius 2 is 1.76 bits per heavy atom. The number of fused-ring (bicyclic) bond motifs is 2. The average Bonchev–Trinajstić information content (AvgIpc) is 3.47. The van der Waals surface area contributed by atoms with Gasteiger partial charge in [-0.3, -0.25) is 0 Å². The van der Waals surface area contributed by atoms with Gasteiger partial charge in [0.05, 0.1) is 36.0 Å². The van der Waals surface area contributed by atoms with Crippen LogP contribution < -0.4 is 0 Å². The highest BCUT2D eigenvalue weighted by Crippen LogP contribution is 2.36. The maximum absolute atomic E-state index is 9.57. The molecule has 0 aliphatic heterocycles. The predicted octanol–water partition coefficient (Wildman–Crippen LogP) is 6.39. The van der Waals surface area contributed by atoms with Crippen LogP contribution in [-0.2, 0) is 17.5 Å². The largest absolute Gasteiger partial charge is 0.415 e. The summed E-state index contributed by atoms with van der Waals surface area (Å²) in [6.45, 7) is 13.0. The summed E-state index contributed by atoms with van der Waals surface area (Å²) in [5.41, 5.74) is 3.71. The fourth-order valence-corrected chi connectivity index (χ4v) is 5.46. The Labute approximate surface area is 218 Å². The average molecular weight is 509 g/mol. The Hall–Kier alpha value is -3.80. The summed E-state index contributed by atoms with van der Waals surface area (Å²) < 4.78 is 10.4. The van der Waals surface area contributed by atoms with E-state index in [9.17, 15) is 5.26 Å². The molecule has 0 saturated heterocycles. The van der Waals surface area contributed by atoms with Gasteiger partial charge in [-0.25, -0.2) is 4.68 Å². The van der Waals surface area contributed by atoms with E-state index >= 15 is 0 Å². The molecule has 5 rings (SSSR count). The third kappa shape index (κ3) is 4.80. The second kappa shape index (κ2) is 9.58. The lowest BCUT2D eigenvalue weighted by Crippen LogP contribution is -2.41. The van der Waals surface area contributed by atoms with Crippen molar-refractivity contribution in [1.29, 1.82) is 5.26 Å². The number of hydrogen-bond acceptors (Lipinski definition) is 5. The van der Waals surface area contributed by atoms with E-state index < -0.39 is 8.32 Å². The highest BCUT2D eigenvalue weighted by Gasteiger charge is 2.37. The van der Waals surface area contributed by atoms with Crippen LogP contribution in [0.15, 0.2) is 66.7 Å². The van der Waals surface area contributed by atoms with Crippen molar-refractivity contribution in [3.8, 4) is 17.6 Å². The van der Waals surface area contributed by atoms with Gasteiger partial charge in [-0.05, 0) is 63.1 Å². The maximum atomic E-state index is 9.57. The number of rotatable bonds is 7. The normalized spacial score (nSPS) is 12.3. The number of nitrogens with zero attached hydrogens (tertiary/aromatic N) is 6. The molecule has 0 bridgehead atoms. The van der Waals surface area contributed by atoms with Crippen molar-refractivity contribution < 1.29 is 4.43 Å². The molecule has 0 atom stereocenters. The summed E-state index contributed by atoms with van der Waals surface area (Å²) in [5.74, 6) is 0.689. The van der Waals surface area contributed by atoms with Gasteiger partial charge in [0.15, 0.2) is 14.1 Å². The highest BCUT2D eigenvalue weighted by molar-refractivity contribution is 6.74. The second-order valence-electron chi connectivity index (χ2n) is 11.0. The summed E-state index contributed by atoms with van der Waals surface area (Å²) in [4.78, 5) is 0. The minimum atomic E-state index is -1.88. The zero-order chi connectivity index (χ0) is 26.2. The summed E-state index contributed by atoms with van der Waals surface area (Å²) in [6.07, 6.45) is 0. The van der Waals surface area contributed by atoms with Crippen LogP contribution in [-0.4, -0.2) is 39.7 Å². The molecule has 0 unspecified atom stereocenters. The number of tetrazole rings is 1. The van der Waals surface area contributed by atoms with Crippen molar-refractivity contribution in [2.24, 2.45) is 0 Å². The number of aromatic nitrogens is 5. The van der Waals surface area contributed by atoms with Gasteiger partial charge in [0.25, 0.3) is 0 Å². The first kappa shape index (κ1) is 24.9. The molecule has 0 fully saturated rings. The smallest absolute Gasteiger partial charge is 0.198 e. The molecular weight excluding hydrogens is 476 g/mol. The van der Waals surface area contributed by atoms with Crippen LogP contribution in [0.5, 0.6) is 0 Å². The molecule has 8 heteroatoms. The zero-order valence-electron chi connectivity index (χ0n) is 22.1. The van der Waals surface area contributed by atoms with Gasteiger partial charge in [0, 0.05) is 11.9 Å². The van der Waals surface area contributed by atoms with Gasteiger partial charge < -0.3 is 8.99 Å². The van der Waals surface area contributed by atoms with Gasteiger partial charge in [0.1, 0.15) is 0 Å². The number of nitriles is 1. The fourth-order valence-electron chi connectivity index (χ4n) is 4.42. The van der Waals surface area contributed by atoms with Crippen LogP contribution in [0.1, 0.15) is 31.9 Å². The summed E-state index contributed by atoms with van der Waals surface area (Å²) in [6, 6.07) is 25.0. The first-order valence-electron chi connectivity index (χ1n) is 12.6. The topological polar surface area (TPSA) is 81.6 Å². The van der Waals surface area contributed by atoms with Gasteiger partial charge in [-0.15, -0.1) is 5.10 Å². The molecular formula is C29H32N6OSi. The lowest BCUT2D eigenvalue weighted by molar-refractivity contribution is 0.265. The van der Waals surface area contributed by atoms with Gasteiger partial charge in [-0.1, -0.05) is 69.3 Å². The van der Waals surface area contributed by atoms with E-state index in [1.807, 2.05) is 22.9 Å². The van der Waals surface area contributed by atoms with Crippen LogP contribution in [0.4, 0.5) is 0 Å². The van der Waals surface area contributed by atoms with Crippen LogP contribution >= 0.6 is 0 Å². The SMILES string of the molecule is CC(C)(C)[Si](C)(C)OCCn1nnnc1-c1cc2ccc(C#N)cc2n1Cc1cccc2ccccc12. The van der Waals surface area contributed by atoms with E-state index in [1.54, 1.807) is 0 Å². The Bertz CT molecular complexity index is 1610. The van der Waals surface area contributed by atoms with Crippen molar-refractivity contribution in [2.75, 3.05) is 6.61 Å². The molecule has 5 aromatic rings. The maximum Gasteiger partial charge on any atom is 0.198 e. The summed E-state index contributed by atoms with van der Waals surface area (Å²) in [7, 11) is -1.88. The van der Waals surface area contributed by atoms with Crippen LogP contribution in [0.3, 0.4) is 0 Å². The van der Waals surface area contributed by atoms with Crippen molar-refractivity contribution in [1.82, 2.24) is 24.8 Å². The molecule has 3 aromatic carbocycles. The van der Waals surface area contributed by atoms with Crippen molar-refractivity contribution in [2.45, 2.75) is 52.0 Å². The van der Waals surface area contributed by atoms with E-state index in [0.29, 0.717) is 31.1 Å². The standard InChI is InChI=1S/C29H32N6OSi/c1-29(2,3)37(4,5)36-16-15-35-28(31-32-33-35)27-18-23-14-13-21(19-30)17-26(23)34(27)20-24-11-8-10-22-9-6-7-12-25(22)24/h6-14,17-18H,15-16,20H2,1-5H3. The third-order valence-electron chi connectivity index (χ3n) is 7.57. The second-order valence-corrected chi connectivity index (χ2v) is 15.8. The van der Waals surface area contributed by atoms with E-state index in [0.717, 1.165) is 16.6 Å². The molecule has 2 heterocycles. The first-order valence-corrected chi connectivity index (χ1v) is 15.5. The van der Waals surface area contributed by atoms with E-state index in [2.05, 4.69) is 109 Å². The molecule has 0 aliphatic rings.